The van der Waals surface area contributed by atoms with Crippen LogP contribution in [0.15, 0.2) is 28.6 Å². The Morgan fingerprint density at radius 1 is 1.16 bits per heavy atom. The van der Waals surface area contributed by atoms with Gasteiger partial charge in [0.15, 0.2) is 0 Å². The molecule has 1 aliphatic heterocycles. The lowest BCUT2D eigenvalue weighted by molar-refractivity contribution is 0.102. The molecule has 0 aliphatic carbocycles. The van der Waals surface area contributed by atoms with Gasteiger partial charge in [0.25, 0.3) is 15.9 Å². The zero-order valence-corrected chi connectivity index (χ0v) is 15.7. The molecule has 1 amide bonds. The van der Waals surface area contributed by atoms with Gasteiger partial charge in [-0.1, -0.05) is 41.8 Å². The fraction of sp³-hybridized carbons (Fsp3) is 0.400. The first kappa shape index (κ1) is 18.2. The van der Waals surface area contributed by atoms with E-state index >= 15 is 0 Å². The molecule has 134 valence electrons. The van der Waals surface area contributed by atoms with Crippen LogP contribution >= 0.6 is 22.9 Å². The molecule has 25 heavy (non-hydrogen) atoms. The number of carbonyl (C=O) groups is 1. The number of amides is 1. The van der Waals surface area contributed by atoms with Crippen LogP contribution in [0, 0.1) is 0 Å². The van der Waals surface area contributed by atoms with E-state index in [2.05, 4.69) is 15.5 Å². The molecule has 10 heteroatoms. The van der Waals surface area contributed by atoms with Gasteiger partial charge in [0.1, 0.15) is 0 Å². The maximum atomic E-state index is 12.7. The van der Waals surface area contributed by atoms with Crippen molar-refractivity contribution >= 4 is 44.0 Å². The number of sulfonamides is 1. The predicted molar refractivity (Wildman–Crippen MR) is 96.5 cm³/mol. The summed E-state index contributed by atoms with van der Waals surface area (Å²) in [5, 5.41) is 10.7. The molecule has 0 radical (unpaired) electrons. The van der Waals surface area contributed by atoms with Crippen LogP contribution < -0.4 is 5.32 Å². The standard InChI is InChI=1S/C15H17ClN4O3S2/c16-12-7-5-6-11(10-12)13(21)17-14-18-19-15(24-14)25(22,23)20-8-3-1-2-4-9-20/h5-7,10H,1-4,8-9H2,(H,17,18,21). The highest BCUT2D eigenvalue weighted by molar-refractivity contribution is 7.91. The Balaban J connectivity index is 1.74. The number of anilines is 1. The maximum absolute atomic E-state index is 12.7. The summed E-state index contributed by atoms with van der Waals surface area (Å²) in [4.78, 5) is 12.2. The van der Waals surface area contributed by atoms with Crippen LogP contribution in [-0.4, -0.2) is 41.9 Å². The minimum Gasteiger partial charge on any atom is -0.296 e. The Morgan fingerprint density at radius 3 is 2.56 bits per heavy atom. The van der Waals surface area contributed by atoms with Gasteiger partial charge < -0.3 is 0 Å². The maximum Gasteiger partial charge on any atom is 0.272 e. The number of nitrogens with zero attached hydrogens (tertiary/aromatic N) is 3. The fourth-order valence-corrected chi connectivity index (χ4v) is 5.30. The van der Waals surface area contributed by atoms with E-state index in [1.165, 1.54) is 10.4 Å². The molecule has 1 saturated heterocycles. The highest BCUT2D eigenvalue weighted by Gasteiger charge is 2.29. The van der Waals surface area contributed by atoms with Crippen molar-refractivity contribution in [3.8, 4) is 0 Å². The van der Waals surface area contributed by atoms with Crippen molar-refractivity contribution in [3.63, 3.8) is 0 Å². The second kappa shape index (κ2) is 7.77. The second-order valence-electron chi connectivity index (χ2n) is 5.66. The van der Waals surface area contributed by atoms with E-state index in [4.69, 9.17) is 11.6 Å². The molecule has 7 nitrogen and oxygen atoms in total. The molecule has 2 heterocycles. The molecule has 0 unspecified atom stereocenters. The smallest absolute Gasteiger partial charge is 0.272 e. The molecule has 1 fully saturated rings. The Kier molecular flexibility index (Phi) is 5.67. The molecule has 1 aromatic heterocycles. The zero-order valence-electron chi connectivity index (χ0n) is 13.3. The number of hydrogen-bond acceptors (Lipinski definition) is 6. The van der Waals surface area contributed by atoms with Crippen LogP contribution in [0.3, 0.4) is 0 Å². The van der Waals surface area contributed by atoms with Crippen molar-refractivity contribution in [1.29, 1.82) is 0 Å². The number of aromatic nitrogens is 2. The summed E-state index contributed by atoms with van der Waals surface area (Å²) in [6.45, 7) is 0.984. The molecule has 0 spiro atoms. The fourth-order valence-electron chi connectivity index (χ4n) is 2.56. The number of halogens is 1. The van der Waals surface area contributed by atoms with E-state index in [1.54, 1.807) is 18.2 Å². The van der Waals surface area contributed by atoms with Crippen LogP contribution in [0.4, 0.5) is 5.13 Å². The summed E-state index contributed by atoms with van der Waals surface area (Å²) in [6.07, 6.45) is 3.75. The molecular weight excluding hydrogens is 384 g/mol. The minimum atomic E-state index is -3.67. The molecule has 2 aromatic rings. The van der Waals surface area contributed by atoms with Gasteiger partial charge in [-0.15, -0.1) is 10.2 Å². The lowest BCUT2D eigenvalue weighted by Crippen LogP contribution is -2.31. The lowest BCUT2D eigenvalue weighted by atomic mass is 10.2. The van der Waals surface area contributed by atoms with Gasteiger partial charge in [-0.2, -0.15) is 4.31 Å². The summed E-state index contributed by atoms with van der Waals surface area (Å²) in [6, 6.07) is 6.45. The molecular formula is C15H17ClN4O3S2. The summed E-state index contributed by atoms with van der Waals surface area (Å²) in [5.41, 5.74) is 0.361. The van der Waals surface area contributed by atoms with E-state index in [9.17, 15) is 13.2 Å². The third-order valence-electron chi connectivity index (χ3n) is 3.84. The first-order valence-electron chi connectivity index (χ1n) is 7.87. The number of carbonyl (C=O) groups excluding carboxylic acids is 1. The molecule has 1 aliphatic rings. The van der Waals surface area contributed by atoms with Crippen molar-refractivity contribution in [1.82, 2.24) is 14.5 Å². The highest BCUT2D eigenvalue weighted by atomic mass is 35.5. The van der Waals surface area contributed by atoms with E-state index in [0.717, 1.165) is 37.0 Å². The Hall–Kier alpha value is -1.55. The van der Waals surface area contributed by atoms with Gasteiger partial charge >= 0.3 is 0 Å². The predicted octanol–water partition coefficient (Wildman–Crippen LogP) is 3.01. The molecule has 0 bridgehead atoms. The molecule has 0 atom stereocenters. The third-order valence-corrected chi connectivity index (χ3v) is 7.16. The second-order valence-corrected chi connectivity index (χ2v) is 9.18. The van der Waals surface area contributed by atoms with E-state index in [1.807, 2.05) is 0 Å². The summed E-state index contributed by atoms with van der Waals surface area (Å²) < 4.78 is 26.7. The van der Waals surface area contributed by atoms with E-state index in [-0.39, 0.29) is 9.47 Å². The molecule has 3 rings (SSSR count). The van der Waals surface area contributed by atoms with Gasteiger partial charge in [-0.3, -0.25) is 10.1 Å². The zero-order chi connectivity index (χ0) is 17.9. The number of hydrogen-bond donors (Lipinski definition) is 1. The average Bonchev–Trinajstić information content (AvgIpc) is 2.88. The van der Waals surface area contributed by atoms with Crippen molar-refractivity contribution in [2.75, 3.05) is 18.4 Å². The van der Waals surface area contributed by atoms with Crippen molar-refractivity contribution < 1.29 is 13.2 Å². The van der Waals surface area contributed by atoms with Gasteiger partial charge in [-0.25, -0.2) is 8.42 Å². The first-order valence-corrected chi connectivity index (χ1v) is 10.5. The Labute approximate surface area is 155 Å². The Bertz CT molecular complexity index is 861. The quantitative estimate of drug-likeness (QED) is 0.796. The summed E-state index contributed by atoms with van der Waals surface area (Å²) in [5.74, 6) is -0.419. The van der Waals surface area contributed by atoms with Crippen molar-refractivity contribution in [3.05, 3.63) is 34.9 Å². The number of rotatable bonds is 4. The number of nitrogens with one attached hydrogen (secondary N) is 1. The third kappa shape index (κ3) is 4.35. The highest BCUT2D eigenvalue weighted by Crippen LogP contribution is 2.25. The van der Waals surface area contributed by atoms with Gasteiger partial charge in [0, 0.05) is 23.7 Å². The van der Waals surface area contributed by atoms with E-state index in [0.29, 0.717) is 23.7 Å². The lowest BCUT2D eigenvalue weighted by Gasteiger charge is -2.17. The van der Waals surface area contributed by atoms with Crippen LogP contribution in [0.5, 0.6) is 0 Å². The monoisotopic (exact) mass is 400 g/mol. The normalized spacial score (nSPS) is 16.4. The molecule has 0 saturated carbocycles. The van der Waals surface area contributed by atoms with Crippen LogP contribution in [-0.2, 0) is 10.0 Å². The molecule has 1 aromatic carbocycles. The first-order chi connectivity index (χ1) is 12.0. The minimum absolute atomic E-state index is 0.101. The van der Waals surface area contributed by atoms with Crippen molar-refractivity contribution in [2.24, 2.45) is 0 Å². The Morgan fingerprint density at radius 2 is 1.88 bits per heavy atom. The van der Waals surface area contributed by atoms with Crippen LogP contribution in [0.2, 0.25) is 5.02 Å². The van der Waals surface area contributed by atoms with Crippen LogP contribution in [0.25, 0.3) is 0 Å². The summed E-state index contributed by atoms with van der Waals surface area (Å²) in [7, 11) is -3.67. The van der Waals surface area contributed by atoms with Crippen molar-refractivity contribution in [2.45, 2.75) is 30.0 Å². The van der Waals surface area contributed by atoms with Gasteiger partial charge in [-0.05, 0) is 31.0 Å². The van der Waals surface area contributed by atoms with E-state index < -0.39 is 15.9 Å². The van der Waals surface area contributed by atoms with Gasteiger partial charge in [0.05, 0.1) is 0 Å². The molecule has 1 N–H and O–H groups in total. The topological polar surface area (TPSA) is 92.3 Å². The SMILES string of the molecule is O=C(Nc1nnc(S(=O)(=O)N2CCCCCC2)s1)c1cccc(Cl)c1. The average molecular weight is 401 g/mol. The van der Waals surface area contributed by atoms with Crippen LogP contribution in [0.1, 0.15) is 36.0 Å². The largest absolute Gasteiger partial charge is 0.296 e. The number of benzene rings is 1. The summed E-state index contributed by atoms with van der Waals surface area (Å²) >= 11 is 6.72. The van der Waals surface area contributed by atoms with Gasteiger partial charge in [0.2, 0.25) is 9.47 Å².